The molecule has 0 spiro atoms. The molecular formula is C11H10N4O2. The first-order chi connectivity index (χ1) is 8.25. The Labute approximate surface area is 96.8 Å². The van der Waals surface area contributed by atoms with Crippen molar-refractivity contribution >= 4 is 5.82 Å². The van der Waals surface area contributed by atoms with E-state index >= 15 is 0 Å². The molecule has 1 fully saturated rings. The zero-order valence-electron chi connectivity index (χ0n) is 8.96. The van der Waals surface area contributed by atoms with E-state index in [-0.39, 0.29) is 5.82 Å². The van der Waals surface area contributed by atoms with Gasteiger partial charge in [-0.15, -0.1) is 0 Å². The summed E-state index contributed by atoms with van der Waals surface area (Å²) in [7, 11) is 0. The number of aromatic amines is 1. The van der Waals surface area contributed by atoms with E-state index in [2.05, 4.69) is 15.2 Å². The molecule has 0 unspecified atom stereocenters. The SMILES string of the molecule is O=[N+]([O-])c1cccc(-c2c[nH]nc2C2CC2)n1. The van der Waals surface area contributed by atoms with Crippen molar-refractivity contribution in [1.82, 2.24) is 15.2 Å². The van der Waals surface area contributed by atoms with Crippen molar-refractivity contribution in [1.29, 1.82) is 0 Å². The van der Waals surface area contributed by atoms with Gasteiger partial charge in [0, 0.05) is 18.2 Å². The molecule has 17 heavy (non-hydrogen) atoms. The lowest BCUT2D eigenvalue weighted by molar-refractivity contribution is -0.389. The molecular weight excluding hydrogens is 220 g/mol. The molecule has 1 aliphatic rings. The highest BCUT2D eigenvalue weighted by Gasteiger charge is 2.30. The molecule has 2 aromatic heterocycles. The Balaban J connectivity index is 2.05. The number of hydrogen-bond donors (Lipinski definition) is 1. The van der Waals surface area contributed by atoms with E-state index < -0.39 is 4.92 Å². The van der Waals surface area contributed by atoms with E-state index in [4.69, 9.17) is 0 Å². The standard InChI is InChI=1S/C11H10N4O2/c16-15(17)10-3-1-2-9(13-10)8-6-12-14-11(8)7-4-5-7/h1-3,6-7H,4-5H2,(H,12,14). The zero-order chi connectivity index (χ0) is 11.8. The highest BCUT2D eigenvalue weighted by Crippen LogP contribution is 2.42. The summed E-state index contributed by atoms with van der Waals surface area (Å²) in [5.41, 5.74) is 2.45. The van der Waals surface area contributed by atoms with E-state index in [1.54, 1.807) is 18.3 Å². The van der Waals surface area contributed by atoms with Crippen molar-refractivity contribution in [2.75, 3.05) is 0 Å². The molecule has 0 radical (unpaired) electrons. The van der Waals surface area contributed by atoms with Crippen molar-refractivity contribution in [2.24, 2.45) is 0 Å². The Morgan fingerprint density at radius 2 is 2.24 bits per heavy atom. The molecule has 0 bridgehead atoms. The second kappa shape index (κ2) is 3.65. The van der Waals surface area contributed by atoms with Crippen LogP contribution >= 0.6 is 0 Å². The van der Waals surface area contributed by atoms with Crippen LogP contribution in [0.5, 0.6) is 0 Å². The minimum Gasteiger partial charge on any atom is -0.358 e. The molecule has 86 valence electrons. The van der Waals surface area contributed by atoms with Crippen LogP contribution in [0.2, 0.25) is 0 Å². The van der Waals surface area contributed by atoms with Crippen molar-refractivity contribution in [3.8, 4) is 11.3 Å². The summed E-state index contributed by atoms with van der Waals surface area (Å²) >= 11 is 0. The minimum atomic E-state index is -0.486. The molecule has 0 saturated heterocycles. The molecule has 1 saturated carbocycles. The number of pyridine rings is 1. The van der Waals surface area contributed by atoms with Gasteiger partial charge in [0.15, 0.2) is 5.69 Å². The first-order valence-corrected chi connectivity index (χ1v) is 5.41. The molecule has 0 atom stereocenters. The lowest BCUT2D eigenvalue weighted by Crippen LogP contribution is -1.94. The number of rotatable bonds is 3. The summed E-state index contributed by atoms with van der Waals surface area (Å²) in [6.45, 7) is 0. The van der Waals surface area contributed by atoms with Crippen LogP contribution in [0.1, 0.15) is 24.5 Å². The van der Waals surface area contributed by atoms with E-state index in [0.717, 1.165) is 24.1 Å². The molecule has 6 nitrogen and oxygen atoms in total. The Kier molecular flexibility index (Phi) is 2.14. The van der Waals surface area contributed by atoms with Crippen LogP contribution in [0.3, 0.4) is 0 Å². The summed E-state index contributed by atoms with van der Waals surface area (Å²) in [6, 6.07) is 4.80. The smallest absolute Gasteiger partial charge is 0.358 e. The first-order valence-electron chi connectivity index (χ1n) is 5.41. The number of nitrogens with one attached hydrogen (secondary N) is 1. The third-order valence-electron chi connectivity index (χ3n) is 2.83. The van der Waals surface area contributed by atoms with Crippen LogP contribution in [-0.2, 0) is 0 Å². The van der Waals surface area contributed by atoms with E-state index in [1.807, 2.05) is 0 Å². The molecule has 0 amide bonds. The fourth-order valence-electron chi connectivity index (χ4n) is 1.85. The van der Waals surface area contributed by atoms with Gasteiger partial charge in [-0.1, -0.05) is 0 Å². The van der Waals surface area contributed by atoms with Gasteiger partial charge in [0.1, 0.15) is 0 Å². The van der Waals surface area contributed by atoms with E-state index in [9.17, 15) is 10.1 Å². The quantitative estimate of drug-likeness (QED) is 0.647. The largest absolute Gasteiger partial charge is 0.364 e. The molecule has 2 aromatic rings. The van der Waals surface area contributed by atoms with Crippen molar-refractivity contribution in [2.45, 2.75) is 18.8 Å². The average molecular weight is 230 g/mol. The minimum absolute atomic E-state index is 0.134. The first kappa shape index (κ1) is 9.95. The topological polar surface area (TPSA) is 84.7 Å². The van der Waals surface area contributed by atoms with Gasteiger partial charge in [0.05, 0.1) is 11.3 Å². The fraction of sp³-hybridized carbons (Fsp3) is 0.273. The maximum absolute atomic E-state index is 10.7. The number of nitrogens with zero attached hydrogens (tertiary/aromatic N) is 3. The van der Waals surface area contributed by atoms with Gasteiger partial charge in [0.2, 0.25) is 0 Å². The van der Waals surface area contributed by atoms with Crippen molar-refractivity contribution < 1.29 is 4.92 Å². The summed E-state index contributed by atoms with van der Waals surface area (Å²) < 4.78 is 0. The predicted molar refractivity (Wildman–Crippen MR) is 60.4 cm³/mol. The highest BCUT2D eigenvalue weighted by molar-refractivity contribution is 5.63. The van der Waals surface area contributed by atoms with Gasteiger partial charge in [0.25, 0.3) is 0 Å². The maximum atomic E-state index is 10.7. The van der Waals surface area contributed by atoms with Crippen LogP contribution in [0, 0.1) is 10.1 Å². The summed E-state index contributed by atoms with van der Waals surface area (Å²) in [5, 5.41) is 17.7. The van der Waals surface area contributed by atoms with E-state index in [1.165, 1.54) is 6.07 Å². The third kappa shape index (κ3) is 1.77. The van der Waals surface area contributed by atoms with Crippen LogP contribution < -0.4 is 0 Å². The van der Waals surface area contributed by atoms with E-state index in [0.29, 0.717) is 11.6 Å². The normalized spacial score (nSPS) is 14.8. The molecule has 0 aromatic carbocycles. The van der Waals surface area contributed by atoms with Crippen molar-refractivity contribution in [3.05, 3.63) is 40.2 Å². The maximum Gasteiger partial charge on any atom is 0.364 e. The second-order valence-corrected chi connectivity index (χ2v) is 4.10. The van der Waals surface area contributed by atoms with Crippen LogP contribution in [0.15, 0.2) is 24.4 Å². The Morgan fingerprint density at radius 3 is 2.94 bits per heavy atom. The second-order valence-electron chi connectivity index (χ2n) is 4.10. The zero-order valence-corrected chi connectivity index (χ0v) is 8.96. The van der Waals surface area contributed by atoms with Crippen LogP contribution in [-0.4, -0.2) is 20.1 Å². The Hall–Kier alpha value is -2.24. The lowest BCUT2D eigenvalue weighted by atomic mass is 10.1. The molecule has 0 aliphatic heterocycles. The molecule has 6 heteroatoms. The average Bonchev–Trinajstić information content (AvgIpc) is 3.07. The molecule has 3 rings (SSSR count). The van der Waals surface area contributed by atoms with Gasteiger partial charge in [-0.25, -0.2) is 0 Å². The number of hydrogen-bond acceptors (Lipinski definition) is 4. The Morgan fingerprint density at radius 1 is 1.41 bits per heavy atom. The van der Waals surface area contributed by atoms with Gasteiger partial charge in [-0.2, -0.15) is 5.10 Å². The van der Waals surface area contributed by atoms with Gasteiger partial charge >= 0.3 is 5.82 Å². The summed E-state index contributed by atoms with van der Waals surface area (Å²) in [4.78, 5) is 14.2. The molecule has 1 aliphatic carbocycles. The fourth-order valence-corrected chi connectivity index (χ4v) is 1.85. The predicted octanol–water partition coefficient (Wildman–Crippen LogP) is 2.26. The molecule has 1 N–H and O–H groups in total. The van der Waals surface area contributed by atoms with Gasteiger partial charge in [-0.05, 0) is 34.9 Å². The third-order valence-corrected chi connectivity index (χ3v) is 2.83. The highest BCUT2D eigenvalue weighted by atomic mass is 16.6. The van der Waals surface area contributed by atoms with Crippen molar-refractivity contribution in [3.63, 3.8) is 0 Å². The number of aromatic nitrogens is 3. The molecule has 2 heterocycles. The Bertz CT molecular complexity index is 574. The number of H-pyrrole nitrogens is 1. The summed E-state index contributed by atoms with van der Waals surface area (Å²) in [6.07, 6.45) is 4.01. The summed E-state index contributed by atoms with van der Waals surface area (Å²) in [5.74, 6) is 0.350. The van der Waals surface area contributed by atoms with Crippen LogP contribution in [0.25, 0.3) is 11.3 Å². The monoisotopic (exact) mass is 230 g/mol. The number of nitro groups is 1. The van der Waals surface area contributed by atoms with Gasteiger partial charge in [-0.3, -0.25) is 5.10 Å². The van der Waals surface area contributed by atoms with Gasteiger partial charge < -0.3 is 10.1 Å². The van der Waals surface area contributed by atoms with Crippen LogP contribution in [0.4, 0.5) is 5.82 Å². The lowest BCUT2D eigenvalue weighted by Gasteiger charge is -1.97.